The Hall–Kier alpha value is -3.78. The number of hydrogen-bond donors (Lipinski definition) is 0. The van der Waals surface area contributed by atoms with E-state index in [4.69, 9.17) is 0 Å². The van der Waals surface area contributed by atoms with Crippen molar-refractivity contribution in [1.29, 1.82) is 0 Å². The van der Waals surface area contributed by atoms with Gasteiger partial charge in [-0.3, -0.25) is 9.59 Å². The Balaban J connectivity index is 1.37. The number of aryl methyl sites for hydroxylation is 2. The highest BCUT2D eigenvalue weighted by atomic mass is 16.1. The molecule has 0 aliphatic carbocycles. The Morgan fingerprint density at radius 3 is 1.04 bits per heavy atom. The standard InChI is InChI=1S/C46H58O2/c1-3-5-7-9-11-13-15-17-23-37-29-33-39(34-30-37)45(47)43-27-21-19-25-41(43)42-26-20-22-28-44(42)46(48)40-35-31-38(32-36-40)24-18-16-14-12-10-8-6-4-2/h19-22,25-36H,3-18,23-24H2,1-2H3. The molecule has 0 saturated carbocycles. The average molecular weight is 643 g/mol. The first-order valence-electron chi connectivity index (χ1n) is 19.1. The number of ketones is 2. The molecule has 0 aromatic heterocycles. The molecule has 2 nitrogen and oxygen atoms in total. The molecule has 4 aromatic carbocycles. The van der Waals surface area contributed by atoms with E-state index >= 15 is 0 Å². The van der Waals surface area contributed by atoms with Gasteiger partial charge in [-0.1, -0.05) is 201 Å². The Morgan fingerprint density at radius 1 is 0.375 bits per heavy atom. The van der Waals surface area contributed by atoms with Gasteiger partial charge in [0.15, 0.2) is 11.6 Å². The predicted molar refractivity (Wildman–Crippen MR) is 204 cm³/mol. The van der Waals surface area contributed by atoms with E-state index in [0.29, 0.717) is 22.3 Å². The van der Waals surface area contributed by atoms with E-state index in [9.17, 15) is 9.59 Å². The first-order valence-corrected chi connectivity index (χ1v) is 19.1. The van der Waals surface area contributed by atoms with E-state index in [-0.39, 0.29) is 11.6 Å². The highest BCUT2D eigenvalue weighted by molar-refractivity contribution is 6.17. The van der Waals surface area contributed by atoms with Crippen molar-refractivity contribution < 1.29 is 9.59 Å². The molecule has 0 amide bonds. The lowest BCUT2D eigenvalue weighted by Gasteiger charge is -2.14. The molecule has 0 fully saturated rings. The van der Waals surface area contributed by atoms with Crippen molar-refractivity contribution in [2.24, 2.45) is 0 Å². The van der Waals surface area contributed by atoms with Crippen molar-refractivity contribution in [3.05, 3.63) is 130 Å². The van der Waals surface area contributed by atoms with Crippen LogP contribution in [0.3, 0.4) is 0 Å². The lowest BCUT2D eigenvalue weighted by Crippen LogP contribution is -2.07. The SMILES string of the molecule is CCCCCCCCCCc1ccc(C(=O)c2ccccc2-c2ccccc2C(=O)c2ccc(CCCCCCCCCC)cc2)cc1. The molecule has 4 rings (SSSR count). The molecule has 0 unspecified atom stereocenters. The van der Waals surface area contributed by atoms with Crippen LogP contribution in [-0.4, -0.2) is 11.6 Å². The highest BCUT2D eigenvalue weighted by Crippen LogP contribution is 2.30. The average Bonchev–Trinajstić information content (AvgIpc) is 3.14. The molecule has 0 spiro atoms. The van der Waals surface area contributed by atoms with Gasteiger partial charge in [0.2, 0.25) is 0 Å². The first-order chi connectivity index (χ1) is 23.6. The summed E-state index contributed by atoms with van der Waals surface area (Å²) in [4.78, 5) is 27.7. The molecule has 0 heterocycles. The van der Waals surface area contributed by atoms with Crippen LogP contribution in [0.1, 0.15) is 160 Å². The molecule has 0 N–H and O–H groups in total. The first kappa shape index (κ1) is 37.0. The van der Waals surface area contributed by atoms with Crippen molar-refractivity contribution in [3.63, 3.8) is 0 Å². The summed E-state index contributed by atoms with van der Waals surface area (Å²) in [5, 5.41) is 0. The molecule has 0 atom stereocenters. The van der Waals surface area contributed by atoms with Crippen LogP contribution in [0, 0.1) is 0 Å². The van der Waals surface area contributed by atoms with Gasteiger partial charge < -0.3 is 0 Å². The van der Waals surface area contributed by atoms with Crippen LogP contribution >= 0.6 is 0 Å². The third-order valence-electron chi connectivity index (χ3n) is 9.70. The second-order valence-electron chi connectivity index (χ2n) is 13.6. The third-order valence-corrected chi connectivity index (χ3v) is 9.70. The summed E-state index contributed by atoms with van der Waals surface area (Å²) >= 11 is 0. The highest BCUT2D eigenvalue weighted by Gasteiger charge is 2.20. The molecule has 2 heteroatoms. The number of unbranched alkanes of at least 4 members (excludes halogenated alkanes) is 14. The molecular formula is C46H58O2. The van der Waals surface area contributed by atoms with Gasteiger partial charge in [0.05, 0.1) is 0 Å². The summed E-state index contributed by atoms with van der Waals surface area (Å²) < 4.78 is 0. The van der Waals surface area contributed by atoms with Crippen LogP contribution in [0.25, 0.3) is 11.1 Å². The van der Waals surface area contributed by atoms with E-state index in [1.165, 1.54) is 114 Å². The Morgan fingerprint density at radius 2 is 0.688 bits per heavy atom. The lowest BCUT2D eigenvalue weighted by atomic mass is 9.88. The van der Waals surface area contributed by atoms with Crippen molar-refractivity contribution in [1.82, 2.24) is 0 Å². The van der Waals surface area contributed by atoms with E-state index in [2.05, 4.69) is 38.1 Å². The summed E-state index contributed by atoms with van der Waals surface area (Å²) in [5.41, 5.74) is 6.75. The van der Waals surface area contributed by atoms with Crippen molar-refractivity contribution in [3.8, 4) is 11.1 Å². The van der Waals surface area contributed by atoms with Crippen LogP contribution in [-0.2, 0) is 12.8 Å². The molecule has 4 aromatic rings. The molecule has 48 heavy (non-hydrogen) atoms. The summed E-state index contributed by atoms with van der Waals surface area (Å²) in [5.74, 6) is -0.0337. The fraction of sp³-hybridized carbons (Fsp3) is 0.435. The maximum atomic E-state index is 13.8. The number of hydrogen-bond acceptors (Lipinski definition) is 2. The number of carbonyl (C=O) groups excluding carboxylic acids is 2. The van der Waals surface area contributed by atoms with Crippen molar-refractivity contribution in [2.45, 2.75) is 129 Å². The number of rotatable bonds is 23. The minimum Gasteiger partial charge on any atom is -0.289 e. The molecule has 0 radical (unpaired) electrons. The van der Waals surface area contributed by atoms with Gasteiger partial charge in [0.1, 0.15) is 0 Å². The largest absolute Gasteiger partial charge is 0.289 e. The monoisotopic (exact) mass is 642 g/mol. The number of carbonyl (C=O) groups is 2. The molecule has 254 valence electrons. The molecule has 0 aliphatic rings. The van der Waals surface area contributed by atoms with Crippen LogP contribution in [0.15, 0.2) is 97.1 Å². The minimum atomic E-state index is -0.0169. The van der Waals surface area contributed by atoms with Gasteiger partial charge in [0, 0.05) is 22.3 Å². The van der Waals surface area contributed by atoms with Crippen molar-refractivity contribution in [2.75, 3.05) is 0 Å². The van der Waals surface area contributed by atoms with Gasteiger partial charge in [-0.2, -0.15) is 0 Å². The summed E-state index contributed by atoms with van der Waals surface area (Å²) in [6, 6.07) is 31.7. The van der Waals surface area contributed by atoms with Gasteiger partial charge in [-0.25, -0.2) is 0 Å². The fourth-order valence-electron chi connectivity index (χ4n) is 6.71. The Kier molecular flexibility index (Phi) is 16.4. The predicted octanol–water partition coefficient (Wildman–Crippen LogP) is 13.2. The number of benzene rings is 4. The van der Waals surface area contributed by atoms with Gasteiger partial charge in [0.25, 0.3) is 0 Å². The van der Waals surface area contributed by atoms with Gasteiger partial charge in [-0.05, 0) is 47.9 Å². The normalized spacial score (nSPS) is 11.1. The molecular weight excluding hydrogens is 585 g/mol. The summed E-state index contributed by atoms with van der Waals surface area (Å²) in [7, 11) is 0. The molecule has 0 aliphatic heterocycles. The molecule has 0 saturated heterocycles. The Bertz CT molecular complexity index is 1400. The summed E-state index contributed by atoms with van der Waals surface area (Å²) in [6.45, 7) is 4.52. The van der Waals surface area contributed by atoms with Crippen LogP contribution in [0.2, 0.25) is 0 Å². The Labute approximate surface area is 291 Å². The smallest absolute Gasteiger partial charge is 0.193 e. The van der Waals surface area contributed by atoms with E-state index in [1.54, 1.807) is 0 Å². The summed E-state index contributed by atoms with van der Waals surface area (Å²) in [6.07, 6.45) is 23.1. The van der Waals surface area contributed by atoms with E-state index in [1.807, 2.05) is 72.8 Å². The van der Waals surface area contributed by atoms with Crippen molar-refractivity contribution >= 4 is 11.6 Å². The van der Waals surface area contributed by atoms with Crippen LogP contribution < -0.4 is 0 Å². The van der Waals surface area contributed by atoms with E-state index in [0.717, 1.165) is 24.0 Å². The molecule has 0 bridgehead atoms. The zero-order chi connectivity index (χ0) is 33.8. The minimum absolute atomic E-state index is 0.0169. The fourth-order valence-corrected chi connectivity index (χ4v) is 6.71. The maximum absolute atomic E-state index is 13.8. The topological polar surface area (TPSA) is 34.1 Å². The zero-order valence-electron chi connectivity index (χ0n) is 29.8. The maximum Gasteiger partial charge on any atom is 0.193 e. The van der Waals surface area contributed by atoms with Gasteiger partial charge >= 0.3 is 0 Å². The van der Waals surface area contributed by atoms with Crippen LogP contribution in [0.5, 0.6) is 0 Å². The van der Waals surface area contributed by atoms with Gasteiger partial charge in [-0.15, -0.1) is 0 Å². The quantitative estimate of drug-likeness (QED) is 0.0596. The zero-order valence-corrected chi connectivity index (χ0v) is 29.8. The third kappa shape index (κ3) is 11.7. The van der Waals surface area contributed by atoms with E-state index < -0.39 is 0 Å². The second-order valence-corrected chi connectivity index (χ2v) is 13.6. The lowest BCUT2D eigenvalue weighted by molar-refractivity contribution is 0.103. The van der Waals surface area contributed by atoms with Crippen LogP contribution in [0.4, 0.5) is 0 Å². The second kappa shape index (κ2) is 21.2.